The van der Waals surface area contributed by atoms with Crippen LogP contribution in [-0.4, -0.2) is 55.1 Å². The fourth-order valence-electron chi connectivity index (χ4n) is 3.22. The zero-order valence-electron chi connectivity index (χ0n) is 13.9. The summed E-state index contributed by atoms with van der Waals surface area (Å²) in [5.41, 5.74) is 1.41. The first-order valence-corrected chi connectivity index (χ1v) is 8.51. The zero-order valence-corrected chi connectivity index (χ0v) is 13.9. The minimum atomic E-state index is 0.430. The lowest BCUT2D eigenvalue weighted by molar-refractivity contribution is 0.0884. The van der Waals surface area contributed by atoms with E-state index >= 15 is 0 Å². The smallest absolute Gasteiger partial charge is 0.0475 e. The maximum atomic E-state index is 3.75. The highest BCUT2D eigenvalue weighted by Crippen LogP contribution is 2.22. The molecular weight excluding hydrogens is 258 g/mol. The molecule has 1 aromatic rings. The van der Waals surface area contributed by atoms with Crippen LogP contribution in [0.5, 0.6) is 0 Å². The molecule has 118 valence electrons. The van der Waals surface area contributed by atoms with Crippen molar-refractivity contribution >= 4 is 0 Å². The molecule has 1 N–H and O–H groups in total. The van der Waals surface area contributed by atoms with E-state index in [0.717, 1.165) is 6.54 Å². The molecule has 3 heteroatoms. The summed E-state index contributed by atoms with van der Waals surface area (Å²) in [6.07, 6.45) is 1.18. The Morgan fingerprint density at radius 1 is 1.05 bits per heavy atom. The lowest BCUT2D eigenvalue weighted by Crippen LogP contribution is -2.52. The van der Waals surface area contributed by atoms with Crippen LogP contribution in [0, 0.1) is 0 Å². The third-order valence-corrected chi connectivity index (χ3v) is 4.69. The SMILES string of the molecule is CCCNC(c1ccccc1)C(C)N1CCN(CC)CC1. The van der Waals surface area contributed by atoms with Crippen LogP contribution in [0.1, 0.15) is 38.8 Å². The number of likely N-dealkylation sites (N-methyl/N-ethyl adjacent to an activating group) is 1. The summed E-state index contributed by atoms with van der Waals surface area (Å²) in [5.74, 6) is 0. The van der Waals surface area contributed by atoms with Gasteiger partial charge in [-0.2, -0.15) is 0 Å². The van der Waals surface area contributed by atoms with Gasteiger partial charge in [0.1, 0.15) is 0 Å². The van der Waals surface area contributed by atoms with Crippen molar-refractivity contribution in [2.75, 3.05) is 39.3 Å². The number of hydrogen-bond donors (Lipinski definition) is 1. The molecule has 0 radical (unpaired) electrons. The summed E-state index contributed by atoms with van der Waals surface area (Å²) in [6, 6.07) is 11.9. The van der Waals surface area contributed by atoms with Gasteiger partial charge in [-0.25, -0.2) is 0 Å². The maximum absolute atomic E-state index is 3.75. The molecule has 21 heavy (non-hydrogen) atoms. The summed E-state index contributed by atoms with van der Waals surface area (Å²) in [4.78, 5) is 5.19. The molecular formula is C18H31N3. The topological polar surface area (TPSA) is 18.5 Å². The highest BCUT2D eigenvalue weighted by atomic mass is 15.3. The Morgan fingerprint density at radius 3 is 2.29 bits per heavy atom. The molecule has 2 atom stereocenters. The first-order valence-electron chi connectivity index (χ1n) is 8.51. The second kappa shape index (κ2) is 8.52. The van der Waals surface area contributed by atoms with Crippen LogP contribution in [0.3, 0.4) is 0 Å². The average Bonchev–Trinajstić information content (AvgIpc) is 2.56. The molecule has 1 aliphatic heterocycles. The van der Waals surface area contributed by atoms with E-state index in [1.54, 1.807) is 0 Å². The Balaban J connectivity index is 2.02. The Bertz CT molecular complexity index is 385. The molecule has 2 rings (SSSR count). The molecule has 1 aliphatic rings. The number of benzene rings is 1. The first kappa shape index (κ1) is 16.5. The van der Waals surface area contributed by atoms with Gasteiger partial charge in [0.15, 0.2) is 0 Å². The lowest BCUT2D eigenvalue weighted by atomic mass is 9.98. The lowest BCUT2D eigenvalue weighted by Gasteiger charge is -2.41. The first-order chi connectivity index (χ1) is 10.3. The van der Waals surface area contributed by atoms with Crippen molar-refractivity contribution in [3.8, 4) is 0 Å². The highest BCUT2D eigenvalue weighted by Gasteiger charge is 2.26. The molecule has 3 nitrogen and oxygen atoms in total. The molecule has 0 aliphatic carbocycles. The Labute approximate surface area is 130 Å². The largest absolute Gasteiger partial charge is 0.309 e. The Hall–Kier alpha value is -0.900. The van der Waals surface area contributed by atoms with Gasteiger partial charge >= 0.3 is 0 Å². The fourth-order valence-corrected chi connectivity index (χ4v) is 3.22. The minimum Gasteiger partial charge on any atom is -0.309 e. The molecule has 1 saturated heterocycles. The van der Waals surface area contributed by atoms with E-state index in [2.05, 4.69) is 66.2 Å². The van der Waals surface area contributed by atoms with Crippen LogP contribution in [0.2, 0.25) is 0 Å². The van der Waals surface area contributed by atoms with E-state index in [0.29, 0.717) is 12.1 Å². The fraction of sp³-hybridized carbons (Fsp3) is 0.667. The zero-order chi connectivity index (χ0) is 15.1. The molecule has 0 bridgehead atoms. The van der Waals surface area contributed by atoms with Crippen molar-refractivity contribution in [1.29, 1.82) is 0 Å². The monoisotopic (exact) mass is 289 g/mol. The van der Waals surface area contributed by atoms with E-state index in [9.17, 15) is 0 Å². The van der Waals surface area contributed by atoms with Crippen LogP contribution in [0.4, 0.5) is 0 Å². The number of nitrogens with one attached hydrogen (secondary N) is 1. The van der Waals surface area contributed by atoms with E-state index < -0.39 is 0 Å². The van der Waals surface area contributed by atoms with E-state index in [1.807, 2.05) is 0 Å². The predicted molar refractivity (Wildman–Crippen MR) is 90.6 cm³/mol. The maximum Gasteiger partial charge on any atom is 0.0475 e. The van der Waals surface area contributed by atoms with Crippen LogP contribution in [0.25, 0.3) is 0 Å². The Morgan fingerprint density at radius 2 is 1.71 bits per heavy atom. The number of piperazine rings is 1. The van der Waals surface area contributed by atoms with Crippen molar-refractivity contribution in [1.82, 2.24) is 15.1 Å². The van der Waals surface area contributed by atoms with E-state index in [1.165, 1.54) is 44.7 Å². The van der Waals surface area contributed by atoms with E-state index in [4.69, 9.17) is 0 Å². The summed E-state index contributed by atoms with van der Waals surface area (Å²) in [5, 5.41) is 3.75. The molecule has 1 heterocycles. The summed E-state index contributed by atoms with van der Waals surface area (Å²) >= 11 is 0. The molecule has 1 aromatic carbocycles. The van der Waals surface area contributed by atoms with Gasteiger partial charge in [0.05, 0.1) is 0 Å². The Kier molecular flexibility index (Phi) is 6.68. The van der Waals surface area contributed by atoms with Crippen LogP contribution in [-0.2, 0) is 0 Å². The normalized spacial score (nSPS) is 20.3. The van der Waals surface area contributed by atoms with Gasteiger partial charge < -0.3 is 10.2 Å². The second-order valence-corrected chi connectivity index (χ2v) is 6.05. The minimum absolute atomic E-state index is 0.430. The van der Waals surface area contributed by atoms with E-state index in [-0.39, 0.29) is 0 Å². The number of hydrogen-bond acceptors (Lipinski definition) is 3. The van der Waals surface area contributed by atoms with Crippen LogP contribution in [0.15, 0.2) is 30.3 Å². The van der Waals surface area contributed by atoms with Gasteiger partial charge in [-0.1, -0.05) is 44.2 Å². The molecule has 0 saturated carbocycles. The molecule has 2 unspecified atom stereocenters. The summed E-state index contributed by atoms with van der Waals surface area (Å²) in [7, 11) is 0. The summed E-state index contributed by atoms with van der Waals surface area (Å²) < 4.78 is 0. The molecule has 0 amide bonds. The average molecular weight is 289 g/mol. The van der Waals surface area contributed by atoms with Crippen molar-refractivity contribution in [2.24, 2.45) is 0 Å². The van der Waals surface area contributed by atoms with Crippen molar-refractivity contribution in [3.05, 3.63) is 35.9 Å². The van der Waals surface area contributed by atoms with Crippen molar-refractivity contribution < 1.29 is 0 Å². The summed E-state index contributed by atoms with van der Waals surface area (Å²) in [6.45, 7) is 13.9. The van der Waals surface area contributed by atoms with Gasteiger partial charge in [0, 0.05) is 38.3 Å². The van der Waals surface area contributed by atoms with Gasteiger partial charge in [-0.05, 0) is 32.0 Å². The second-order valence-electron chi connectivity index (χ2n) is 6.05. The van der Waals surface area contributed by atoms with Gasteiger partial charge in [-0.15, -0.1) is 0 Å². The van der Waals surface area contributed by atoms with Gasteiger partial charge in [0.2, 0.25) is 0 Å². The molecule has 0 spiro atoms. The third kappa shape index (κ3) is 4.53. The highest BCUT2D eigenvalue weighted by molar-refractivity contribution is 5.20. The standard InChI is InChI=1S/C18H31N3/c1-4-11-19-18(17-9-7-6-8-10-17)16(3)21-14-12-20(5-2)13-15-21/h6-10,16,18-19H,4-5,11-15H2,1-3H3. The molecule has 0 aromatic heterocycles. The van der Waals surface area contributed by atoms with Crippen molar-refractivity contribution in [2.45, 2.75) is 39.3 Å². The third-order valence-electron chi connectivity index (χ3n) is 4.69. The van der Waals surface area contributed by atoms with Gasteiger partial charge in [-0.3, -0.25) is 4.90 Å². The number of nitrogens with zero attached hydrogens (tertiary/aromatic N) is 2. The van der Waals surface area contributed by atoms with Gasteiger partial charge in [0.25, 0.3) is 0 Å². The number of rotatable bonds is 7. The quantitative estimate of drug-likeness (QED) is 0.833. The van der Waals surface area contributed by atoms with Crippen molar-refractivity contribution in [3.63, 3.8) is 0 Å². The predicted octanol–water partition coefficient (Wildman–Crippen LogP) is 2.75. The molecule has 1 fully saturated rings. The van der Waals surface area contributed by atoms with Crippen LogP contribution < -0.4 is 5.32 Å². The van der Waals surface area contributed by atoms with Crippen LogP contribution >= 0.6 is 0 Å².